The molecule has 24 nitrogen and oxygen atoms in total. The normalized spacial score (nSPS) is 12.6. The SMILES string of the molecule is CC(=O)N[C@H](CC(=O)NCCNCCNCCNCCNCCN)C(=O)NC(CC(=O)NCCNCCNCCNCCNCCN)C(O)NCCOCCN=[N+]=[N-]. The van der Waals surface area contributed by atoms with Crippen molar-refractivity contribution in [3.05, 3.63) is 10.4 Å². The number of nitrogens with one attached hydrogen (secondary N) is 13. The van der Waals surface area contributed by atoms with Crippen LogP contribution >= 0.6 is 0 Å². The first kappa shape index (κ1) is 54.7. The van der Waals surface area contributed by atoms with Gasteiger partial charge in [0.25, 0.3) is 0 Å². The molecule has 4 amide bonds. The fraction of sp³-hybridized carbons (Fsp3) is 0.882. The Morgan fingerprint density at radius 1 is 0.603 bits per heavy atom. The van der Waals surface area contributed by atoms with Gasteiger partial charge in [0.15, 0.2) is 0 Å². The van der Waals surface area contributed by atoms with Gasteiger partial charge in [-0.3, -0.25) is 24.5 Å². The van der Waals surface area contributed by atoms with E-state index in [2.05, 4.69) is 79.1 Å². The number of amides is 4. The van der Waals surface area contributed by atoms with Crippen molar-refractivity contribution in [2.45, 2.75) is 38.1 Å². The van der Waals surface area contributed by atoms with Gasteiger partial charge in [0.2, 0.25) is 23.6 Å². The van der Waals surface area contributed by atoms with Gasteiger partial charge in [-0.1, -0.05) is 5.11 Å². The lowest BCUT2D eigenvalue weighted by Gasteiger charge is -2.27. The summed E-state index contributed by atoms with van der Waals surface area (Å²) in [7, 11) is 0. The van der Waals surface area contributed by atoms with Crippen LogP contribution in [0, 0.1) is 0 Å². The zero-order valence-electron chi connectivity index (χ0n) is 34.6. The fourth-order valence-electron chi connectivity index (χ4n) is 5.03. The number of carbonyl (C=O) groups excluding carboxylic acids is 4. The highest BCUT2D eigenvalue weighted by atomic mass is 16.5. The molecule has 3 atom stereocenters. The monoisotopic (exact) mass is 833 g/mol. The van der Waals surface area contributed by atoms with Crippen molar-refractivity contribution in [2.75, 3.05) is 157 Å². The Hall–Kier alpha value is -3.33. The minimum Gasteiger partial charge on any atom is -0.380 e. The number of nitrogens with zero attached hydrogens (tertiary/aromatic N) is 3. The number of nitrogens with two attached hydrogens (primary N) is 2. The van der Waals surface area contributed by atoms with E-state index in [9.17, 15) is 24.3 Å². The van der Waals surface area contributed by atoms with E-state index in [0.29, 0.717) is 52.4 Å². The second-order valence-electron chi connectivity index (χ2n) is 13.0. The van der Waals surface area contributed by atoms with Crippen LogP contribution in [0.15, 0.2) is 5.11 Å². The number of rotatable bonds is 43. The largest absolute Gasteiger partial charge is 0.380 e. The number of hydrogen-bond donors (Lipinski definition) is 16. The molecule has 0 aliphatic heterocycles. The van der Waals surface area contributed by atoms with E-state index in [0.717, 1.165) is 78.5 Å². The maximum absolute atomic E-state index is 13.4. The van der Waals surface area contributed by atoms with E-state index in [-0.39, 0.29) is 39.1 Å². The molecule has 24 heteroatoms. The van der Waals surface area contributed by atoms with Gasteiger partial charge >= 0.3 is 0 Å². The van der Waals surface area contributed by atoms with E-state index >= 15 is 0 Å². The zero-order valence-corrected chi connectivity index (χ0v) is 34.6. The van der Waals surface area contributed by atoms with E-state index in [4.69, 9.17) is 21.7 Å². The summed E-state index contributed by atoms with van der Waals surface area (Å²) in [6.45, 7) is 16.0. The van der Waals surface area contributed by atoms with E-state index in [1.54, 1.807) is 0 Å². The number of hydrogen-bond acceptors (Lipinski definition) is 18. The first-order chi connectivity index (χ1) is 28.2. The number of aliphatic hydroxyl groups excluding tert-OH is 1. The summed E-state index contributed by atoms with van der Waals surface area (Å²) in [4.78, 5) is 53.7. The number of carbonyl (C=O) groups is 4. The lowest BCUT2D eigenvalue weighted by molar-refractivity contribution is -0.133. The topological polar surface area (TPSA) is 355 Å². The van der Waals surface area contributed by atoms with Crippen molar-refractivity contribution >= 4 is 23.6 Å². The summed E-state index contributed by atoms with van der Waals surface area (Å²) in [5.74, 6) is -2.16. The van der Waals surface area contributed by atoms with Gasteiger partial charge in [-0.25, -0.2) is 0 Å². The summed E-state index contributed by atoms with van der Waals surface area (Å²) in [6, 6.07) is -2.38. The van der Waals surface area contributed by atoms with Crippen LogP contribution in [0.4, 0.5) is 0 Å². The summed E-state index contributed by atoms with van der Waals surface area (Å²) in [5, 5.41) is 54.0. The zero-order chi connectivity index (χ0) is 42.7. The molecule has 0 aromatic rings. The third kappa shape index (κ3) is 37.0. The second kappa shape index (κ2) is 41.8. The van der Waals surface area contributed by atoms with Gasteiger partial charge in [-0.15, -0.1) is 0 Å². The minimum absolute atomic E-state index is 0.148. The van der Waals surface area contributed by atoms with Gasteiger partial charge in [-0.2, -0.15) is 0 Å². The molecular weight excluding hydrogens is 756 g/mol. The lowest BCUT2D eigenvalue weighted by atomic mass is 10.1. The minimum atomic E-state index is -1.39. The highest BCUT2D eigenvalue weighted by Gasteiger charge is 2.29. The molecule has 0 rings (SSSR count). The molecule has 0 fully saturated rings. The first-order valence-electron chi connectivity index (χ1n) is 20.4. The molecule has 338 valence electrons. The highest BCUT2D eigenvalue weighted by Crippen LogP contribution is 2.02. The van der Waals surface area contributed by atoms with Crippen molar-refractivity contribution in [2.24, 2.45) is 16.6 Å². The second-order valence-corrected chi connectivity index (χ2v) is 13.0. The summed E-state index contributed by atoms with van der Waals surface area (Å²) in [5.41, 5.74) is 19.3. The van der Waals surface area contributed by atoms with Crippen LogP contribution in [-0.4, -0.2) is 204 Å². The maximum Gasteiger partial charge on any atom is 0.243 e. The van der Waals surface area contributed by atoms with Crippen LogP contribution in [0.25, 0.3) is 10.4 Å². The molecule has 0 aliphatic rings. The van der Waals surface area contributed by atoms with Gasteiger partial charge in [0.05, 0.1) is 32.1 Å². The Morgan fingerprint density at radius 3 is 1.43 bits per heavy atom. The van der Waals surface area contributed by atoms with Gasteiger partial charge in [-0.05, 0) is 5.53 Å². The molecular formula is C34H76N18O6. The summed E-state index contributed by atoms with van der Waals surface area (Å²) in [6.07, 6.45) is -2.03. The third-order valence-electron chi connectivity index (χ3n) is 7.96. The van der Waals surface area contributed by atoms with Crippen molar-refractivity contribution in [1.82, 2.24) is 69.1 Å². The average molecular weight is 833 g/mol. The van der Waals surface area contributed by atoms with Crippen LogP contribution in [0.5, 0.6) is 0 Å². The lowest BCUT2D eigenvalue weighted by Crippen LogP contribution is -2.57. The predicted molar refractivity (Wildman–Crippen MR) is 225 cm³/mol. The molecule has 0 heterocycles. The molecule has 2 unspecified atom stereocenters. The Balaban J connectivity index is 4.76. The van der Waals surface area contributed by atoms with Crippen molar-refractivity contribution in [1.29, 1.82) is 0 Å². The van der Waals surface area contributed by atoms with Crippen molar-refractivity contribution < 1.29 is 29.0 Å². The fourth-order valence-corrected chi connectivity index (χ4v) is 5.03. The first-order valence-corrected chi connectivity index (χ1v) is 20.4. The molecule has 0 aromatic carbocycles. The van der Waals surface area contributed by atoms with Gasteiger partial charge < -0.3 is 85.1 Å². The van der Waals surface area contributed by atoms with Crippen molar-refractivity contribution in [3.63, 3.8) is 0 Å². The van der Waals surface area contributed by atoms with Crippen LogP contribution in [0.1, 0.15) is 19.8 Å². The highest BCUT2D eigenvalue weighted by molar-refractivity contribution is 5.92. The Labute approximate surface area is 343 Å². The van der Waals surface area contributed by atoms with Crippen LogP contribution in [0.2, 0.25) is 0 Å². The van der Waals surface area contributed by atoms with E-state index < -0.39 is 41.9 Å². The van der Waals surface area contributed by atoms with Crippen LogP contribution in [0.3, 0.4) is 0 Å². The standard InChI is InChI=1S/C34H76N18O6/c1-28(53)50-30(27-32(55)47-21-19-45-17-15-43-13-11-41-9-7-39-5-3-36)34(57)51-29(33(56)48-22-24-58-25-23-49-52-37)26-31(54)46-20-18-44-16-14-42-12-10-40-8-6-38-4-2-35/h29-30,33,38-45,48,56H,2-27,35-36H2,1H3,(H,46,54)(H,47,55)(H,50,53)(H,51,57)/t29?,30-,33?/m1/s1. The maximum atomic E-state index is 13.4. The van der Waals surface area contributed by atoms with Crippen LogP contribution in [-0.2, 0) is 23.9 Å². The van der Waals surface area contributed by atoms with Gasteiger partial charge in [0, 0.05) is 156 Å². The number of aliphatic hydroxyl groups is 1. The molecule has 0 radical (unpaired) electrons. The molecule has 58 heavy (non-hydrogen) atoms. The smallest absolute Gasteiger partial charge is 0.243 e. The average Bonchev–Trinajstić information content (AvgIpc) is 3.20. The third-order valence-corrected chi connectivity index (χ3v) is 7.96. The van der Waals surface area contributed by atoms with Gasteiger partial charge in [0.1, 0.15) is 12.3 Å². The Morgan fingerprint density at radius 2 is 1.02 bits per heavy atom. The number of ether oxygens (including phenoxy) is 1. The molecule has 18 N–H and O–H groups in total. The Kier molecular flexibility index (Phi) is 39.4. The summed E-state index contributed by atoms with van der Waals surface area (Å²) >= 11 is 0. The summed E-state index contributed by atoms with van der Waals surface area (Å²) < 4.78 is 5.35. The molecule has 0 saturated carbocycles. The van der Waals surface area contributed by atoms with Crippen LogP contribution < -0.4 is 80.6 Å². The number of azide groups is 1. The predicted octanol–water partition coefficient (Wildman–Crippen LogP) is -7.14. The Bertz CT molecular complexity index is 1080. The molecule has 0 spiro atoms. The van der Waals surface area contributed by atoms with E-state index in [1.807, 2.05) is 0 Å². The van der Waals surface area contributed by atoms with Crippen molar-refractivity contribution in [3.8, 4) is 0 Å². The molecule has 0 saturated heterocycles. The molecule has 0 aromatic heterocycles. The quantitative estimate of drug-likeness (QED) is 0.00892. The molecule has 0 bridgehead atoms. The molecule has 0 aliphatic carbocycles. The van der Waals surface area contributed by atoms with E-state index in [1.165, 1.54) is 6.92 Å².